The maximum Gasteiger partial charge on any atom is 0.182 e. The first-order chi connectivity index (χ1) is 10.1. The number of aliphatic hydroxyl groups excluding tert-OH is 1. The number of aliphatic hydroxyl groups is 1. The molecule has 3 atom stereocenters. The van der Waals surface area contributed by atoms with Crippen molar-refractivity contribution in [2.45, 2.75) is 23.0 Å². The van der Waals surface area contributed by atoms with Gasteiger partial charge in [-0.05, 0) is 24.6 Å². The van der Waals surface area contributed by atoms with Gasteiger partial charge in [-0.2, -0.15) is 0 Å². The summed E-state index contributed by atoms with van der Waals surface area (Å²) in [6, 6.07) is 16.4. The van der Waals surface area contributed by atoms with Crippen LogP contribution >= 0.6 is 0 Å². The fraction of sp³-hybridized carbons (Fsp3) is 0.294. The van der Waals surface area contributed by atoms with Crippen LogP contribution < -0.4 is 0 Å². The van der Waals surface area contributed by atoms with Crippen LogP contribution in [0, 0.1) is 12.8 Å². The van der Waals surface area contributed by atoms with Crippen molar-refractivity contribution >= 4 is 9.84 Å². The van der Waals surface area contributed by atoms with Crippen LogP contribution in [0.4, 0.5) is 0 Å². The van der Waals surface area contributed by atoms with Crippen molar-refractivity contribution in [1.29, 1.82) is 0 Å². The Hall–Kier alpha value is -1.65. The van der Waals surface area contributed by atoms with E-state index in [1.165, 1.54) is 0 Å². The van der Waals surface area contributed by atoms with Crippen LogP contribution in [0.15, 0.2) is 59.5 Å². The van der Waals surface area contributed by atoms with Gasteiger partial charge in [0.15, 0.2) is 9.84 Å². The Bertz CT molecular complexity index is 720. The van der Waals surface area contributed by atoms with Gasteiger partial charge in [0.1, 0.15) is 0 Å². The van der Waals surface area contributed by atoms with E-state index in [-0.39, 0.29) is 18.4 Å². The molecule has 21 heavy (non-hydrogen) atoms. The Morgan fingerprint density at radius 1 is 1.00 bits per heavy atom. The summed E-state index contributed by atoms with van der Waals surface area (Å²) < 4.78 is 25.4. The van der Waals surface area contributed by atoms with Crippen molar-refractivity contribution < 1.29 is 13.5 Å². The minimum Gasteiger partial charge on any atom is -0.396 e. The lowest BCUT2D eigenvalue weighted by Gasteiger charge is -2.04. The Kier molecular flexibility index (Phi) is 3.59. The Morgan fingerprint density at radius 3 is 2.19 bits per heavy atom. The lowest BCUT2D eigenvalue weighted by molar-refractivity contribution is 0.274. The largest absolute Gasteiger partial charge is 0.396 e. The first-order valence-corrected chi connectivity index (χ1v) is 8.56. The summed E-state index contributed by atoms with van der Waals surface area (Å²) in [5.41, 5.74) is 2.13. The molecule has 1 aliphatic carbocycles. The first-order valence-electron chi connectivity index (χ1n) is 7.02. The average Bonchev–Trinajstić information content (AvgIpc) is 3.24. The molecule has 2 aromatic rings. The monoisotopic (exact) mass is 302 g/mol. The van der Waals surface area contributed by atoms with E-state index in [0.717, 1.165) is 11.1 Å². The standard InChI is InChI=1S/C17H18O3S/c1-12-7-9-13(10-8-12)16-15(11-18)17(16)21(19,20)14-5-3-2-4-6-14/h2-10,15-18H,11H2,1H3. The summed E-state index contributed by atoms with van der Waals surface area (Å²) in [5.74, 6) is -0.321. The van der Waals surface area contributed by atoms with Gasteiger partial charge in [0, 0.05) is 18.4 Å². The zero-order chi connectivity index (χ0) is 15.0. The quantitative estimate of drug-likeness (QED) is 0.944. The fourth-order valence-electron chi connectivity index (χ4n) is 2.98. The molecule has 0 radical (unpaired) electrons. The molecule has 0 heterocycles. The highest BCUT2D eigenvalue weighted by Crippen LogP contribution is 2.53. The fourth-order valence-corrected chi connectivity index (χ4v) is 5.20. The van der Waals surface area contributed by atoms with Crippen molar-refractivity contribution in [2.24, 2.45) is 5.92 Å². The van der Waals surface area contributed by atoms with E-state index in [9.17, 15) is 13.5 Å². The van der Waals surface area contributed by atoms with E-state index in [0.29, 0.717) is 4.90 Å². The molecule has 4 heteroatoms. The number of aryl methyl sites for hydroxylation is 1. The van der Waals surface area contributed by atoms with E-state index in [1.807, 2.05) is 31.2 Å². The molecule has 0 saturated heterocycles. The summed E-state index contributed by atoms with van der Waals surface area (Å²) in [4.78, 5) is 0.336. The van der Waals surface area contributed by atoms with Gasteiger partial charge in [0.25, 0.3) is 0 Å². The van der Waals surface area contributed by atoms with Crippen LogP contribution in [0.2, 0.25) is 0 Å². The highest BCUT2D eigenvalue weighted by molar-refractivity contribution is 7.92. The third kappa shape index (κ3) is 2.49. The summed E-state index contributed by atoms with van der Waals surface area (Å²) in [7, 11) is -3.39. The third-order valence-electron chi connectivity index (χ3n) is 4.20. The van der Waals surface area contributed by atoms with Crippen LogP contribution in [-0.2, 0) is 9.84 Å². The first kappa shape index (κ1) is 14.3. The number of benzene rings is 2. The molecule has 0 amide bonds. The molecule has 3 rings (SSSR count). The zero-order valence-corrected chi connectivity index (χ0v) is 12.6. The maximum absolute atomic E-state index is 12.7. The number of hydrogen-bond acceptors (Lipinski definition) is 3. The molecule has 3 unspecified atom stereocenters. The van der Waals surface area contributed by atoms with Gasteiger partial charge >= 0.3 is 0 Å². The molecule has 0 aliphatic heterocycles. The number of sulfone groups is 1. The van der Waals surface area contributed by atoms with Crippen LogP contribution in [0.5, 0.6) is 0 Å². The van der Waals surface area contributed by atoms with Crippen LogP contribution in [0.3, 0.4) is 0 Å². The van der Waals surface area contributed by atoms with Gasteiger partial charge in [0.05, 0.1) is 10.1 Å². The average molecular weight is 302 g/mol. The SMILES string of the molecule is Cc1ccc(C2C(CO)C2S(=O)(=O)c2ccccc2)cc1. The van der Waals surface area contributed by atoms with Crippen LogP contribution in [-0.4, -0.2) is 25.4 Å². The highest BCUT2D eigenvalue weighted by atomic mass is 32.2. The predicted octanol–water partition coefficient (Wildman–Crippen LogP) is 2.54. The zero-order valence-electron chi connectivity index (χ0n) is 11.8. The topological polar surface area (TPSA) is 54.4 Å². The Morgan fingerprint density at radius 2 is 1.62 bits per heavy atom. The Balaban J connectivity index is 1.94. The molecule has 110 valence electrons. The van der Waals surface area contributed by atoms with E-state index >= 15 is 0 Å². The number of hydrogen-bond donors (Lipinski definition) is 1. The lowest BCUT2D eigenvalue weighted by Crippen LogP contribution is -2.11. The maximum atomic E-state index is 12.7. The summed E-state index contributed by atoms with van der Waals surface area (Å²) >= 11 is 0. The second kappa shape index (κ2) is 5.28. The smallest absolute Gasteiger partial charge is 0.182 e. The normalized spacial score (nSPS) is 24.8. The molecule has 1 N–H and O–H groups in total. The third-order valence-corrected chi connectivity index (χ3v) is 6.49. The minimum atomic E-state index is -3.39. The molecule has 1 aliphatic rings. The van der Waals surface area contributed by atoms with Crippen molar-refractivity contribution in [3.05, 3.63) is 65.7 Å². The highest BCUT2D eigenvalue weighted by Gasteiger charge is 2.58. The van der Waals surface area contributed by atoms with Crippen molar-refractivity contribution in [1.82, 2.24) is 0 Å². The molecule has 1 fully saturated rings. The summed E-state index contributed by atoms with van der Waals surface area (Å²) in [6.45, 7) is 1.90. The van der Waals surface area contributed by atoms with Gasteiger partial charge in [-0.15, -0.1) is 0 Å². The second-order valence-corrected chi connectivity index (χ2v) is 7.71. The van der Waals surface area contributed by atoms with Gasteiger partial charge in [0.2, 0.25) is 0 Å². The Labute approximate surface area is 125 Å². The molecule has 0 bridgehead atoms. The van der Waals surface area contributed by atoms with E-state index in [4.69, 9.17) is 0 Å². The van der Waals surface area contributed by atoms with E-state index in [2.05, 4.69) is 0 Å². The van der Waals surface area contributed by atoms with Crippen molar-refractivity contribution in [2.75, 3.05) is 6.61 Å². The van der Waals surface area contributed by atoms with Gasteiger partial charge in [-0.3, -0.25) is 0 Å². The molecule has 1 saturated carbocycles. The van der Waals surface area contributed by atoms with Crippen molar-refractivity contribution in [3.8, 4) is 0 Å². The molecule has 3 nitrogen and oxygen atoms in total. The minimum absolute atomic E-state index is 0.102. The second-order valence-electron chi connectivity index (χ2n) is 5.61. The van der Waals surface area contributed by atoms with Crippen LogP contribution in [0.25, 0.3) is 0 Å². The van der Waals surface area contributed by atoms with Crippen LogP contribution in [0.1, 0.15) is 17.0 Å². The molecule has 0 aromatic heterocycles. The van der Waals surface area contributed by atoms with Gasteiger partial charge in [-0.1, -0.05) is 48.0 Å². The predicted molar refractivity (Wildman–Crippen MR) is 81.9 cm³/mol. The molecular weight excluding hydrogens is 284 g/mol. The number of rotatable bonds is 4. The molecular formula is C17H18O3S. The van der Waals surface area contributed by atoms with E-state index < -0.39 is 15.1 Å². The summed E-state index contributed by atoms with van der Waals surface area (Å²) in [5, 5.41) is 8.99. The lowest BCUT2D eigenvalue weighted by atomic mass is 10.1. The van der Waals surface area contributed by atoms with Gasteiger partial charge < -0.3 is 5.11 Å². The van der Waals surface area contributed by atoms with Crippen molar-refractivity contribution in [3.63, 3.8) is 0 Å². The summed E-state index contributed by atoms with van der Waals surface area (Å²) in [6.07, 6.45) is 0. The van der Waals surface area contributed by atoms with E-state index in [1.54, 1.807) is 30.3 Å². The molecule has 0 spiro atoms. The molecule has 2 aromatic carbocycles. The van der Waals surface area contributed by atoms with Gasteiger partial charge in [-0.25, -0.2) is 8.42 Å².